The van der Waals surface area contributed by atoms with E-state index in [1.165, 1.54) is 68.0 Å². The van der Waals surface area contributed by atoms with Gasteiger partial charge in [0.1, 0.15) is 0 Å². The van der Waals surface area contributed by atoms with Crippen LogP contribution in [-0.2, 0) is 44.9 Å². The van der Waals surface area contributed by atoms with Crippen molar-refractivity contribution in [3.8, 4) is 48.8 Å². The number of aliphatic carboxylic acids is 4. The lowest BCUT2D eigenvalue weighted by molar-refractivity contribution is -0.137. The molecule has 0 unspecified atom stereocenters. The number of carboxylic acids is 4. The normalized spacial score (nSPS) is 11.2. The number of carboxylic acid groups (broad SMARTS) is 4. The average Bonchev–Trinajstić information content (AvgIpc) is 3.80. The Kier molecular flexibility index (Phi) is 9.36. The first-order chi connectivity index (χ1) is 22.0. The van der Waals surface area contributed by atoms with Crippen molar-refractivity contribution in [1.29, 1.82) is 0 Å². The Balaban J connectivity index is 1.37. The molecule has 0 aromatic carbocycles. The first-order valence-corrected chi connectivity index (χ1v) is 18.5. The molecule has 0 fully saturated rings. The van der Waals surface area contributed by atoms with E-state index in [0.717, 1.165) is 59.9 Å². The predicted octanol–water partition coefficient (Wildman–Crippen LogP) is 8.90. The molecule has 8 nitrogen and oxygen atoms in total. The van der Waals surface area contributed by atoms with E-state index in [-0.39, 0.29) is 25.7 Å². The number of carbonyl (C=O) groups is 4. The molecule has 6 aromatic rings. The zero-order valence-corrected chi connectivity index (χ0v) is 28.4. The van der Waals surface area contributed by atoms with Gasteiger partial charge < -0.3 is 20.4 Å². The summed E-state index contributed by atoms with van der Waals surface area (Å²) in [6, 6.07) is 15.0. The summed E-state index contributed by atoms with van der Waals surface area (Å²) >= 11 is 8.79. The van der Waals surface area contributed by atoms with Gasteiger partial charge in [0.15, 0.2) is 0 Å². The summed E-state index contributed by atoms with van der Waals surface area (Å²) in [5, 5.41) is 41.7. The van der Waals surface area contributed by atoms with Crippen molar-refractivity contribution in [2.24, 2.45) is 0 Å². The molecule has 0 atom stereocenters. The van der Waals surface area contributed by atoms with Crippen LogP contribution in [0.4, 0.5) is 0 Å². The monoisotopic (exact) mass is 726 g/mol. The standard InChI is InChI=1S/C32H22O8S6/c33-25(34)11-15-5-7-41-29(15)19-1-3-21(43-19)31-17(13-27(37)38)9-23(45-31)24-10-18(14-28(39)40)32(46-24)22-4-2-20(44-22)30-16(6-8-42-30)12-26(35)36/h1-10H,11-14H2,(H,33,34)(H,35,36)(H,37,38)(H,39,40). The van der Waals surface area contributed by atoms with Gasteiger partial charge in [-0.25, -0.2) is 0 Å². The fourth-order valence-electron chi connectivity index (χ4n) is 4.98. The van der Waals surface area contributed by atoms with Gasteiger partial charge in [0.25, 0.3) is 0 Å². The molecule has 0 saturated heterocycles. The Labute approximate surface area is 285 Å². The van der Waals surface area contributed by atoms with E-state index in [9.17, 15) is 39.6 Å². The van der Waals surface area contributed by atoms with Gasteiger partial charge in [-0.1, -0.05) is 0 Å². The third kappa shape index (κ3) is 6.92. The minimum absolute atomic E-state index is 0.0819. The maximum absolute atomic E-state index is 11.8. The highest BCUT2D eigenvalue weighted by atomic mass is 32.1. The maximum atomic E-state index is 11.8. The minimum atomic E-state index is -0.968. The van der Waals surface area contributed by atoms with Crippen LogP contribution < -0.4 is 0 Å². The van der Waals surface area contributed by atoms with Crippen molar-refractivity contribution in [2.45, 2.75) is 25.7 Å². The van der Waals surface area contributed by atoms with Crippen LogP contribution in [0.1, 0.15) is 22.3 Å². The predicted molar refractivity (Wildman–Crippen MR) is 186 cm³/mol. The van der Waals surface area contributed by atoms with E-state index in [1.807, 2.05) is 59.3 Å². The summed E-state index contributed by atoms with van der Waals surface area (Å²) in [6.07, 6.45) is -0.532. The van der Waals surface area contributed by atoms with Gasteiger partial charge in [0.05, 0.1) is 25.7 Å². The van der Waals surface area contributed by atoms with Crippen LogP contribution in [0.5, 0.6) is 0 Å². The molecule has 0 bridgehead atoms. The third-order valence-electron chi connectivity index (χ3n) is 6.83. The summed E-state index contributed by atoms with van der Waals surface area (Å²) in [5.41, 5.74) is 2.76. The fraction of sp³-hybridized carbons (Fsp3) is 0.125. The molecule has 0 saturated carbocycles. The molecule has 0 aliphatic rings. The van der Waals surface area contributed by atoms with Crippen molar-refractivity contribution < 1.29 is 39.6 Å². The molecule has 14 heteroatoms. The first-order valence-electron chi connectivity index (χ1n) is 13.5. The van der Waals surface area contributed by atoms with Crippen LogP contribution in [0, 0.1) is 0 Å². The minimum Gasteiger partial charge on any atom is -0.481 e. The van der Waals surface area contributed by atoms with Crippen LogP contribution >= 0.6 is 68.0 Å². The van der Waals surface area contributed by atoms with Crippen LogP contribution in [-0.4, -0.2) is 44.3 Å². The summed E-state index contributed by atoms with van der Waals surface area (Å²) in [6.45, 7) is 0. The van der Waals surface area contributed by atoms with Gasteiger partial charge in [-0.05, 0) is 81.5 Å². The van der Waals surface area contributed by atoms with E-state index in [4.69, 9.17) is 0 Å². The van der Waals surface area contributed by atoms with Crippen molar-refractivity contribution in [3.63, 3.8) is 0 Å². The molecule has 6 aromatic heterocycles. The van der Waals surface area contributed by atoms with Gasteiger partial charge in [0, 0.05) is 48.8 Å². The summed E-state index contributed by atoms with van der Waals surface area (Å²) in [4.78, 5) is 55.0. The number of thiophene rings is 6. The number of hydrogen-bond donors (Lipinski definition) is 4. The molecule has 6 heterocycles. The van der Waals surface area contributed by atoms with E-state index >= 15 is 0 Å². The van der Waals surface area contributed by atoms with Crippen LogP contribution in [0.3, 0.4) is 0 Å². The van der Waals surface area contributed by atoms with Crippen molar-refractivity contribution in [2.75, 3.05) is 0 Å². The number of hydrogen-bond acceptors (Lipinski definition) is 10. The molecule has 0 radical (unpaired) electrons. The molecular formula is C32H22O8S6. The van der Waals surface area contributed by atoms with Gasteiger partial charge in [0.2, 0.25) is 0 Å². The lowest BCUT2D eigenvalue weighted by atomic mass is 10.1. The Morgan fingerprint density at radius 2 is 0.739 bits per heavy atom. The quantitative estimate of drug-likeness (QED) is 0.0922. The van der Waals surface area contributed by atoms with E-state index in [0.29, 0.717) is 11.1 Å². The second-order valence-corrected chi connectivity index (χ2v) is 16.2. The second-order valence-electron chi connectivity index (χ2n) is 10.1. The summed E-state index contributed by atoms with van der Waals surface area (Å²) in [7, 11) is 0. The van der Waals surface area contributed by atoms with E-state index < -0.39 is 23.9 Å². The lowest BCUT2D eigenvalue weighted by Gasteiger charge is -1.99. The molecule has 46 heavy (non-hydrogen) atoms. The Hall–Kier alpha value is -3.92. The Bertz CT molecular complexity index is 1950. The van der Waals surface area contributed by atoms with E-state index in [1.54, 1.807) is 0 Å². The molecule has 0 amide bonds. The largest absolute Gasteiger partial charge is 0.481 e. The highest BCUT2D eigenvalue weighted by Gasteiger charge is 2.23. The van der Waals surface area contributed by atoms with Crippen molar-refractivity contribution >= 4 is 91.9 Å². The Morgan fingerprint density at radius 3 is 1.09 bits per heavy atom. The van der Waals surface area contributed by atoms with Gasteiger partial charge in [-0.2, -0.15) is 0 Å². The van der Waals surface area contributed by atoms with Crippen LogP contribution in [0.25, 0.3) is 48.8 Å². The zero-order chi connectivity index (χ0) is 32.5. The molecule has 234 valence electrons. The average molecular weight is 727 g/mol. The molecule has 6 rings (SSSR count). The maximum Gasteiger partial charge on any atom is 0.307 e. The van der Waals surface area contributed by atoms with Gasteiger partial charge in [-0.3, -0.25) is 19.2 Å². The molecular weight excluding hydrogens is 705 g/mol. The van der Waals surface area contributed by atoms with E-state index in [2.05, 4.69) is 0 Å². The second kappa shape index (κ2) is 13.4. The summed E-state index contributed by atoms with van der Waals surface area (Å²) < 4.78 is 0. The highest BCUT2D eigenvalue weighted by Crippen LogP contribution is 2.49. The van der Waals surface area contributed by atoms with Crippen LogP contribution in [0.15, 0.2) is 59.3 Å². The lowest BCUT2D eigenvalue weighted by Crippen LogP contribution is -1.99. The Morgan fingerprint density at radius 1 is 0.413 bits per heavy atom. The highest BCUT2D eigenvalue weighted by molar-refractivity contribution is 7.30. The topological polar surface area (TPSA) is 149 Å². The smallest absolute Gasteiger partial charge is 0.307 e. The first kappa shape index (κ1) is 32.0. The zero-order valence-electron chi connectivity index (χ0n) is 23.5. The molecule has 0 aliphatic heterocycles. The third-order valence-corrected chi connectivity index (χ3v) is 14.2. The van der Waals surface area contributed by atoms with Gasteiger partial charge >= 0.3 is 23.9 Å². The molecule has 0 spiro atoms. The van der Waals surface area contributed by atoms with Gasteiger partial charge in [-0.15, -0.1) is 68.0 Å². The molecule has 4 N–H and O–H groups in total. The SMILES string of the molecule is O=C(O)Cc1ccsc1-c1ccc(-c2sc(-c3cc(CC(=O)O)c(-c4ccc(-c5sccc5CC(=O)O)s4)s3)cc2CC(=O)O)s1. The number of rotatable bonds is 13. The fourth-order valence-corrected chi connectivity index (χ4v) is 11.9. The molecule has 0 aliphatic carbocycles. The van der Waals surface area contributed by atoms with Crippen molar-refractivity contribution in [1.82, 2.24) is 0 Å². The van der Waals surface area contributed by atoms with Crippen LogP contribution in [0.2, 0.25) is 0 Å². The van der Waals surface area contributed by atoms with Crippen molar-refractivity contribution in [3.05, 3.63) is 81.5 Å². The summed E-state index contributed by atoms with van der Waals surface area (Å²) in [5.74, 6) is -3.75.